The molecule has 0 bridgehead atoms. The Bertz CT molecular complexity index is 524. The Morgan fingerprint density at radius 3 is 2.71 bits per heavy atom. The molecular weight excluding hydrogens is 237 g/mol. The van der Waals surface area contributed by atoms with Gasteiger partial charge < -0.3 is 5.32 Å². The molecule has 1 unspecified atom stereocenters. The molecule has 0 saturated carbocycles. The predicted octanol–water partition coefficient (Wildman–Crippen LogP) is 2.60. The number of nitrogens with zero attached hydrogens (tertiary/aromatic N) is 2. The van der Waals surface area contributed by atoms with E-state index >= 15 is 0 Å². The molecule has 0 fully saturated rings. The molecule has 1 atom stereocenters. The van der Waals surface area contributed by atoms with E-state index in [9.17, 15) is 4.39 Å². The van der Waals surface area contributed by atoms with E-state index in [2.05, 4.69) is 15.3 Å². The molecule has 0 aromatic carbocycles. The fourth-order valence-electron chi connectivity index (χ4n) is 1.86. The molecule has 90 valence electrons. The molecule has 2 aromatic rings. The molecular formula is C12H14FN3S. The van der Waals surface area contributed by atoms with Gasteiger partial charge in [0.25, 0.3) is 0 Å². The van der Waals surface area contributed by atoms with Crippen LogP contribution in [-0.2, 0) is 0 Å². The van der Waals surface area contributed by atoms with Crippen molar-refractivity contribution in [1.82, 2.24) is 15.3 Å². The second kappa shape index (κ2) is 4.89. The first-order valence-electron chi connectivity index (χ1n) is 5.34. The van der Waals surface area contributed by atoms with E-state index in [4.69, 9.17) is 0 Å². The maximum Gasteiger partial charge on any atom is 0.146 e. The minimum Gasteiger partial charge on any atom is -0.309 e. The van der Waals surface area contributed by atoms with Gasteiger partial charge in [0.05, 0.1) is 22.9 Å². The summed E-state index contributed by atoms with van der Waals surface area (Å²) in [6, 6.07) is 1.54. The number of aromatic nitrogens is 2. The van der Waals surface area contributed by atoms with Crippen molar-refractivity contribution in [2.24, 2.45) is 0 Å². The molecule has 17 heavy (non-hydrogen) atoms. The summed E-state index contributed by atoms with van der Waals surface area (Å²) in [7, 11) is 1.82. The van der Waals surface area contributed by atoms with Crippen molar-refractivity contribution in [3.8, 4) is 0 Å². The summed E-state index contributed by atoms with van der Waals surface area (Å²) in [5.41, 5.74) is 1.55. The standard InChI is InChI=1S/C12H14FN3S/c1-7-12(17-8(2)16-7)11(14-3)9-4-5-15-6-10(9)13/h4-6,11,14H,1-3H3. The molecule has 0 saturated heterocycles. The molecule has 5 heteroatoms. The summed E-state index contributed by atoms with van der Waals surface area (Å²) in [4.78, 5) is 9.19. The van der Waals surface area contributed by atoms with E-state index in [1.807, 2.05) is 20.9 Å². The average molecular weight is 251 g/mol. The van der Waals surface area contributed by atoms with Crippen LogP contribution in [0.25, 0.3) is 0 Å². The maximum absolute atomic E-state index is 13.7. The smallest absolute Gasteiger partial charge is 0.146 e. The number of aryl methyl sites for hydroxylation is 2. The largest absolute Gasteiger partial charge is 0.309 e. The summed E-state index contributed by atoms with van der Waals surface area (Å²) in [6.07, 6.45) is 2.84. The monoisotopic (exact) mass is 251 g/mol. The fourth-order valence-corrected chi connectivity index (χ4v) is 2.92. The van der Waals surface area contributed by atoms with Crippen LogP contribution in [0.2, 0.25) is 0 Å². The van der Waals surface area contributed by atoms with E-state index in [-0.39, 0.29) is 11.9 Å². The lowest BCUT2D eigenvalue weighted by Gasteiger charge is -2.16. The number of rotatable bonds is 3. The van der Waals surface area contributed by atoms with Crippen LogP contribution in [0, 0.1) is 19.7 Å². The quantitative estimate of drug-likeness (QED) is 0.911. The van der Waals surface area contributed by atoms with E-state index in [1.165, 1.54) is 6.20 Å². The summed E-state index contributed by atoms with van der Waals surface area (Å²) in [5, 5.41) is 4.13. The highest BCUT2D eigenvalue weighted by atomic mass is 32.1. The van der Waals surface area contributed by atoms with Gasteiger partial charge in [0.15, 0.2) is 0 Å². The molecule has 3 nitrogen and oxygen atoms in total. The fraction of sp³-hybridized carbons (Fsp3) is 0.333. The van der Waals surface area contributed by atoms with Gasteiger partial charge in [0, 0.05) is 16.6 Å². The number of pyridine rings is 1. The van der Waals surface area contributed by atoms with Gasteiger partial charge in [0.2, 0.25) is 0 Å². The lowest BCUT2D eigenvalue weighted by Crippen LogP contribution is -2.18. The summed E-state index contributed by atoms with van der Waals surface area (Å²) in [5.74, 6) is -0.294. The topological polar surface area (TPSA) is 37.8 Å². The van der Waals surface area contributed by atoms with E-state index in [0.29, 0.717) is 5.56 Å². The van der Waals surface area contributed by atoms with Crippen molar-refractivity contribution >= 4 is 11.3 Å². The lowest BCUT2D eigenvalue weighted by molar-refractivity contribution is 0.572. The van der Waals surface area contributed by atoms with Gasteiger partial charge in [-0.15, -0.1) is 11.3 Å². The third kappa shape index (κ3) is 2.35. The molecule has 0 aliphatic carbocycles. The molecule has 2 rings (SSSR count). The molecule has 0 spiro atoms. The molecule has 0 aliphatic heterocycles. The van der Waals surface area contributed by atoms with Crippen LogP contribution >= 0.6 is 11.3 Å². The Hall–Kier alpha value is -1.33. The van der Waals surface area contributed by atoms with Crippen LogP contribution in [0.3, 0.4) is 0 Å². The third-order valence-corrected chi connectivity index (χ3v) is 3.74. The third-order valence-electron chi connectivity index (χ3n) is 2.61. The molecule has 1 N–H and O–H groups in total. The first-order chi connectivity index (χ1) is 8.13. The summed E-state index contributed by atoms with van der Waals surface area (Å²) >= 11 is 1.59. The van der Waals surface area contributed by atoms with E-state index < -0.39 is 0 Å². The predicted molar refractivity (Wildman–Crippen MR) is 66.7 cm³/mol. The van der Waals surface area contributed by atoms with Gasteiger partial charge in [-0.2, -0.15) is 0 Å². The average Bonchev–Trinajstić information content (AvgIpc) is 2.62. The SMILES string of the molecule is CNC(c1ccncc1F)c1sc(C)nc1C. The first-order valence-corrected chi connectivity index (χ1v) is 6.15. The van der Waals surface area contributed by atoms with Crippen molar-refractivity contribution in [2.75, 3.05) is 7.05 Å². The number of halogens is 1. The summed E-state index contributed by atoms with van der Waals surface area (Å²) in [6.45, 7) is 3.90. The van der Waals surface area contributed by atoms with Crippen molar-refractivity contribution < 1.29 is 4.39 Å². The Labute approximate surface area is 104 Å². The number of thiazole rings is 1. The summed E-state index contributed by atoms with van der Waals surface area (Å²) < 4.78 is 13.7. The number of hydrogen-bond donors (Lipinski definition) is 1. The van der Waals surface area contributed by atoms with Gasteiger partial charge in [-0.1, -0.05) is 0 Å². The Balaban J connectivity index is 2.47. The van der Waals surface area contributed by atoms with Gasteiger partial charge >= 0.3 is 0 Å². The van der Waals surface area contributed by atoms with Crippen LogP contribution in [0.4, 0.5) is 4.39 Å². The highest BCUT2D eigenvalue weighted by molar-refractivity contribution is 7.11. The maximum atomic E-state index is 13.7. The highest BCUT2D eigenvalue weighted by Gasteiger charge is 2.20. The van der Waals surface area contributed by atoms with Crippen LogP contribution in [0.15, 0.2) is 18.5 Å². The van der Waals surface area contributed by atoms with Crippen LogP contribution in [0.1, 0.15) is 27.2 Å². The molecule has 2 heterocycles. The lowest BCUT2D eigenvalue weighted by atomic mass is 10.1. The Morgan fingerprint density at radius 1 is 1.41 bits per heavy atom. The van der Waals surface area contributed by atoms with Crippen LogP contribution in [0.5, 0.6) is 0 Å². The molecule has 0 amide bonds. The zero-order valence-electron chi connectivity index (χ0n) is 9.99. The number of hydrogen-bond acceptors (Lipinski definition) is 4. The number of nitrogens with one attached hydrogen (secondary N) is 1. The minimum absolute atomic E-state index is 0.163. The zero-order chi connectivity index (χ0) is 12.4. The van der Waals surface area contributed by atoms with Crippen molar-refractivity contribution in [3.63, 3.8) is 0 Å². The second-order valence-electron chi connectivity index (χ2n) is 3.80. The first kappa shape index (κ1) is 12.1. The Kier molecular flexibility index (Phi) is 3.49. The molecule has 0 radical (unpaired) electrons. The van der Waals surface area contributed by atoms with Gasteiger partial charge in [-0.3, -0.25) is 4.98 Å². The zero-order valence-corrected chi connectivity index (χ0v) is 10.8. The van der Waals surface area contributed by atoms with Crippen molar-refractivity contribution in [3.05, 3.63) is 45.4 Å². The van der Waals surface area contributed by atoms with Crippen molar-refractivity contribution in [1.29, 1.82) is 0 Å². The van der Waals surface area contributed by atoms with Crippen LogP contribution < -0.4 is 5.32 Å². The van der Waals surface area contributed by atoms with Gasteiger partial charge in [0.1, 0.15) is 5.82 Å². The Morgan fingerprint density at radius 2 is 2.18 bits per heavy atom. The molecule has 2 aromatic heterocycles. The highest BCUT2D eigenvalue weighted by Crippen LogP contribution is 2.30. The van der Waals surface area contributed by atoms with E-state index in [0.717, 1.165) is 15.6 Å². The van der Waals surface area contributed by atoms with Crippen LogP contribution in [-0.4, -0.2) is 17.0 Å². The molecule has 0 aliphatic rings. The van der Waals surface area contributed by atoms with Gasteiger partial charge in [-0.25, -0.2) is 9.37 Å². The van der Waals surface area contributed by atoms with Gasteiger partial charge in [-0.05, 0) is 27.0 Å². The van der Waals surface area contributed by atoms with Crippen molar-refractivity contribution in [2.45, 2.75) is 19.9 Å². The van der Waals surface area contributed by atoms with E-state index in [1.54, 1.807) is 23.6 Å². The minimum atomic E-state index is -0.294. The normalized spacial score (nSPS) is 12.7. The second-order valence-corrected chi connectivity index (χ2v) is 5.04.